The number of benzene rings is 2. The number of carbonyl (C=O) groups is 3. The van der Waals surface area contributed by atoms with E-state index in [1.807, 2.05) is 0 Å². The van der Waals surface area contributed by atoms with E-state index in [0.717, 1.165) is 33.2 Å². The normalized spacial score (nSPS) is 14.1. The summed E-state index contributed by atoms with van der Waals surface area (Å²) in [5, 5.41) is 12.9. The minimum atomic E-state index is -4.49. The van der Waals surface area contributed by atoms with Gasteiger partial charge in [0.05, 0.1) is 32.3 Å². The van der Waals surface area contributed by atoms with Crippen molar-refractivity contribution < 1.29 is 82.2 Å². The predicted octanol–water partition coefficient (Wildman–Crippen LogP) is 11.7. The number of nitrogens with zero attached hydrogens (tertiary/aromatic N) is 9. The molecule has 460 valence electrons. The number of carbonyl (C=O) groups excluding carboxylic acids is 3. The van der Waals surface area contributed by atoms with Crippen LogP contribution in [0.25, 0.3) is 22.3 Å². The molecule has 6 heterocycles. The molecular formula is C56H53F8N11O10S2. The molecule has 2 fully saturated rings. The molecule has 87 heavy (non-hydrogen) atoms. The van der Waals surface area contributed by atoms with Gasteiger partial charge in [0.25, 0.3) is 10.4 Å². The van der Waals surface area contributed by atoms with Crippen molar-refractivity contribution in [1.29, 1.82) is 0 Å². The third-order valence-corrected chi connectivity index (χ3v) is 15.1. The van der Waals surface area contributed by atoms with E-state index in [0.29, 0.717) is 69.7 Å². The van der Waals surface area contributed by atoms with Gasteiger partial charge in [-0.25, -0.2) is 48.4 Å². The number of anilines is 4. The van der Waals surface area contributed by atoms with Crippen LogP contribution < -0.4 is 25.0 Å². The molecule has 2 aliphatic carbocycles. The smallest absolute Gasteiger partial charge is 0.422 e. The Morgan fingerprint density at radius 3 is 1.49 bits per heavy atom. The molecule has 2 aromatic carbocycles. The minimum absolute atomic E-state index is 0.0253. The van der Waals surface area contributed by atoms with E-state index in [-0.39, 0.29) is 78.9 Å². The first-order valence-electron chi connectivity index (χ1n) is 26.4. The van der Waals surface area contributed by atoms with Crippen LogP contribution in [0.15, 0.2) is 94.8 Å². The van der Waals surface area contributed by atoms with E-state index >= 15 is 4.39 Å². The number of rotatable bonds is 22. The maximum absolute atomic E-state index is 15.1. The van der Waals surface area contributed by atoms with E-state index in [2.05, 4.69) is 50.9 Å². The molecule has 21 nitrogen and oxygen atoms in total. The highest BCUT2D eigenvalue weighted by atomic mass is 32.1. The molecule has 31 heteroatoms. The molecule has 10 rings (SSSR count). The van der Waals surface area contributed by atoms with Gasteiger partial charge in [-0.2, -0.15) is 26.3 Å². The molecule has 2 saturated carbocycles. The van der Waals surface area contributed by atoms with Crippen LogP contribution in [0.5, 0.6) is 10.4 Å². The number of amides is 3. The highest BCUT2D eigenvalue weighted by Gasteiger charge is 2.68. The van der Waals surface area contributed by atoms with Crippen LogP contribution in [0, 0.1) is 11.6 Å². The Hall–Kier alpha value is -8.55. The Morgan fingerprint density at radius 1 is 0.598 bits per heavy atom. The molecule has 8 aromatic rings. The molecular weight excluding hydrogens is 1200 g/mol. The van der Waals surface area contributed by atoms with Gasteiger partial charge in [-0.3, -0.25) is 9.59 Å². The highest BCUT2D eigenvalue weighted by molar-refractivity contribution is 7.17. The quantitative estimate of drug-likeness (QED) is 0.0472. The molecule has 2 aliphatic rings. The number of methoxy groups -OCH3 is 2. The summed E-state index contributed by atoms with van der Waals surface area (Å²) in [6, 6.07) is 10.6. The van der Waals surface area contributed by atoms with Crippen LogP contribution in [0.4, 0.5) is 62.5 Å². The number of alkyl halides is 6. The van der Waals surface area contributed by atoms with Crippen LogP contribution in [-0.2, 0) is 53.9 Å². The summed E-state index contributed by atoms with van der Waals surface area (Å²) in [5.74, 6) is -3.21. The zero-order valence-corrected chi connectivity index (χ0v) is 48.4. The number of ether oxygens (including phenoxy) is 5. The van der Waals surface area contributed by atoms with Crippen molar-refractivity contribution in [2.45, 2.75) is 94.5 Å². The van der Waals surface area contributed by atoms with Crippen LogP contribution in [0.2, 0.25) is 0 Å². The van der Waals surface area contributed by atoms with Gasteiger partial charge >= 0.3 is 18.4 Å². The zero-order chi connectivity index (χ0) is 62.3. The Morgan fingerprint density at radius 2 is 1.06 bits per heavy atom. The van der Waals surface area contributed by atoms with Crippen molar-refractivity contribution in [3.8, 4) is 32.6 Å². The van der Waals surface area contributed by atoms with E-state index in [1.165, 1.54) is 61.3 Å². The summed E-state index contributed by atoms with van der Waals surface area (Å²) in [4.78, 5) is 65.9. The minimum Gasteiger partial charge on any atom is -0.468 e. The van der Waals surface area contributed by atoms with E-state index < -0.39 is 64.7 Å². The molecule has 3 amide bonds. The first kappa shape index (κ1) is 63.0. The van der Waals surface area contributed by atoms with Crippen molar-refractivity contribution in [3.05, 3.63) is 131 Å². The molecule has 0 unspecified atom stereocenters. The fraction of sp³-hybridized carbons (Fsp3) is 0.375. The topological polar surface area (TPSA) is 254 Å². The third kappa shape index (κ3) is 15.5. The monoisotopic (exact) mass is 1260 g/mol. The Kier molecular flexibility index (Phi) is 19.0. The summed E-state index contributed by atoms with van der Waals surface area (Å²) < 4.78 is 146. The van der Waals surface area contributed by atoms with Gasteiger partial charge in [0.15, 0.2) is 23.2 Å². The number of aromatic nitrogens is 8. The number of hydrogen-bond donors (Lipinski definition) is 2. The summed E-state index contributed by atoms with van der Waals surface area (Å²) in [5.41, 5.74) is -2.91. The van der Waals surface area contributed by atoms with Crippen molar-refractivity contribution in [1.82, 2.24) is 40.2 Å². The highest BCUT2D eigenvalue weighted by Crippen LogP contribution is 2.60. The second kappa shape index (κ2) is 26.2. The summed E-state index contributed by atoms with van der Waals surface area (Å²) >= 11 is 2.46. The summed E-state index contributed by atoms with van der Waals surface area (Å²) in [6.07, 6.45) is -1.37. The molecule has 0 bridgehead atoms. The van der Waals surface area contributed by atoms with Gasteiger partial charge in [-0.1, -0.05) is 57.3 Å². The lowest BCUT2D eigenvalue weighted by atomic mass is 10.0. The molecule has 0 radical (unpaired) electrons. The van der Waals surface area contributed by atoms with Gasteiger partial charge in [-0.05, 0) is 80.8 Å². The molecule has 0 saturated heterocycles. The lowest BCUT2D eigenvalue weighted by Crippen LogP contribution is -2.34. The van der Waals surface area contributed by atoms with Crippen LogP contribution in [0.3, 0.4) is 0 Å². The standard InChI is InChI=1S/C30H30F4N6O6S.C26H23F4N5O4S/c1-28(2,3)45-27(42)40(24-16-37-26(47-24)44-10-9-43-4)25-35-14-19(15-36-25)17-5-6-18(20(31)11-17)12-23(41)38-22-13-21(46-39-22)29(7-8-29)30(32,33)34;1-37-6-7-38-24-33-14-18(40-24)10-21-31-12-17(13-32-21)15-2-3-16(19(27)8-15)9-23(36)34-22-11-20(39-35-22)25(4-5-25)26(28,29)30/h5-6,11,13-16H,7-10,12H2,1-4H3,(H,38,39,41);2-3,8,11-14H,4-7,9-10H2,1H3,(H,34,35,36). The zero-order valence-electron chi connectivity index (χ0n) is 46.8. The molecule has 0 atom stereocenters. The fourth-order valence-electron chi connectivity index (χ4n) is 8.37. The maximum atomic E-state index is 15.1. The second-order valence-electron chi connectivity index (χ2n) is 20.8. The average molecular weight is 1260 g/mol. The Bertz CT molecular complexity index is 3690. The van der Waals surface area contributed by atoms with Gasteiger partial charge in [0.2, 0.25) is 17.8 Å². The number of nitrogens with one attached hydrogen (secondary N) is 2. The maximum Gasteiger partial charge on any atom is 0.422 e. The van der Waals surface area contributed by atoms with Crippen LogP contribution >= 0.6 is 22.7 Å². The lowest BCUT2D eigenvalue weighted by Gasteiger charge is -2.25. The van der Waals surface area contributed by atoms with Gasteiger partial charge < -0.3 is 43.4 Å². The van der Waals surface area contributed by atoms with Gasteiger partial charge in [0, 0.05) is 79.8 Å². The lowest BCUT2D eigenvalue weighted by molar-refractivity contribution is -0.166. The summed E-state index contributed by atoms with van der Waals surface area (Å²) in [6.45, 7) is 6.62. The van der Waals surface area contributed by atoms with Crippen molar-refractivity contribution >= 4 is 63.2 Å². The molecule has 0 aliphatic heterocycles. The predicted molar refractivity (Wildman–Crippen MR) is 297 cm³/mol. The van der Waals surface area contributed by atoms with E-state index in [1.54, 1.807) is 58.6 Å². The van der Waals surface area contributed by atoms with Crippen molar-refractivity contribution in [2.75, 3.05) is 56.2 Å². The third-order valence-electron chi connectivity index (χ3n) is 13.3. The van der Waals surface area contributed by atoms with E-state index in [4.69, 9.17) is 32.7 Å². The number of halogens is 8. The van der Waals surface area contributed by atoms with Gasteiger partial charge in [0.1, 0.15) is 52.1 Å². The Labute approximate surface area is 497 Å². The average Bonchev–Trinajstić information content (AvgIpc) is 1.61. The first-order valence-corrected chi connectivity index (χ1v) is 28.0. The van der Waals surface area contributed by atoms with Crippen molar-refractivity contribution in [2.24, 2.45) is 0 Å². The fourth-order valence-corrected chi connectivity index (χ4v) is 9.92. The van der Waals surface area contributed by atoms with Crippen LogP contribution in [0.1, 0.15) is 79.8 Å². The van der Waals surface area contributed by atoms with Crippen molar-refractivity contribution in [3.63, 3.8) is 0 Å². The SMILES string of the molecule is COCCOc1ncc(Cc2ncc(-c3ccc(CC(=O)Nc4cc(C5(C(F)(F)F)CC5)on4)c(F)c3)cn2)s1.COCCOc1ncc(N(C(=O)OC(C)(C)C)c2ncc(-c3ccc(CC(=O)Nc4cc(C5(C(F)(F)F)CC5)on4)c(F)c3)cn2)s1. The second-order valence-corrected chi connectivity index (χ2v) is 22.8. The van der Waals surface area contributed by atoms with Crippen LogP contribution in [-0.4, -0.2) is 117 Å². The molecule has 6 aromatic heterocycles. The van der Waals surface area contributed by atoms with E-state index in [9.17, 15) is 45.1 Å². The largest absolute Gasteiger partial charge is 0.468 e. The molecule has 0 spiro atoms. The number of hydrogen-bond acceptors (Lipinski definition) is 20. The van der Waals surface area contributed by atoms with Gasteiger partial charge in [-0.15, -0.1) is 0 Å². The molecule has 2 N–H and O–H groups in total. The summed E-state index contributed by atoms with van der Waals surface area (Å²) in [7, 11) is 3.13. The first-order chi connectivity index (χ1) is 41.4. The number of thiazole rings is 2. The Balaban J connectivity index is 0.000000210.